The second kappa shape index (κ2) is 8.44. The Morgan fingerprint density at radius 3 is 2.52 bits per heavy atom. The van der Waals surface area contributed by atoms with Crippen LogP contribution in [0.25, 0.3) is 0 Å². The first-order chi connectivity index (χ1) is 12.3. The van der Waals surface area contributed by atoms with E-state index in [2.05, 4.69) is 10.3 Å². The lowest BCUT2D eigenvalue weighted by Gasteiger charge is -2.21. The fraction of sp³-hybridized carbons (Fsp3) is 0.300. The van der Waals surface area contributed by atoms with Crippen LogP contribution < -0.4 is 5.32 Å². The fourth-order valence-electron chi connectivity index (χ4n) is 2.92. The predicted octanol–water partition coefficient (Wildman–Crippen LogP) is 2.18. The van der Waals surface area contributed by atoms with Crippen LogP contribution in [-0.4, -0.2) is 36.2 Å². The molecule has 2 aromatic carbocycles. The fourth-order valence-corrected chi connectivity index (χ4v) is 2.92. The summed E-state index contributed by atoms with van der Waals surface area (Å²) < 4.78 is 5.59. The minimum atomic E-state index is -0.987. The summed E-state index contributed by atoms with van der Waals surface area (Å²) in [6, 6.07) is 19.1. The van der Waals surface area contributed by atoms with Crippen LogP contribution in [0.3, 0.4) is 0 Å². The lowest BCUT2D eigenvalue weighted by molar-refractivity contribution is 0.160. The van der Waals surface area contributed by atoms with Crippen LogP contribution >= 0.6 is 0 Å². The zero-order chi connectivity index (χ0) is 17.5. The van der Waals surface area contributed by atoms with Crippen molar-refractivity contribution >= 4 is 12.3 Å². The SMILES string of the molecule is O=[C]NC(CCc1ccccc1)C(O)C1=NC(c2ccccc2)CO1. The van der Waals surface area contributed by atoms with Crippen molar-refractivity contribution in [1.82, 2.24) is 5.32 Å². The number of benzene rings is 2. The highest BCUT2D eigenvalue weighted by Gasteiger charge is 2.31. The minimum Gasteiger partial charge on any atom is -0.476 e. The molecule has 25 heavy (non-hydrogen) atoms. The number of rotatable bonds is 8. The third-order valence-corrected chi connectivity index (χ3v) is 4.32. The number of hydrogen-bond acceptors (Lipinski definition) is 4. The van der Waals surface area contributed by atoms with Gasteiger partial charge in [-0.25, -0.2) is 4.99 Å². The first kappa shape index (κ1) is 17.2. The van der Waals surface area contributed by atoms with Crippen LogP contribution in [0.4, 0.5) is 0 Å². The maximum absolute atomic E-state index is 10.8. The van der Waals surface area contributed by atoms with E-state index in [0.717, 1.165) is 17.5 Å². The number of nitrogens with zero attached hydrogens (tertiary/aromatic N) is 1. The number of ether oxygens (including phenoxy) is 1. The van der Waals surface area contributed by atoms with Gasteiger partial charge in [0.2, 0.25) is 5.90 Å². The molecule has 1 amide bonds. The lowest BCUT2D eigenvalue weighted by Crippen LogP contribution is -2.44. The van der Waals surface area contributed by atoms with E-state index in [0.29, 0.717) is 13.0 Å². The molecule has 5 heteroatoms. The number of hydrogen-bond donors (Lipinski definition) is 2. The Kier molecular flexibility index (Phi) is 5.80. The Hall–Kier alpha value is -2.66. The predicted molar refractivity (Wildman–Crippen MR) is 96.0 cm³/mol. The normalized spacial score (nSPS) is 18.8. The van der Waals surface area contributed by atoms with Crippen molar-refractivity contribution in [2.75, 3.05) is 6.61 Å². The van der Waals surface area contributed by atoms with E-state index in [4.69, 9.17) is 4.74 Å². The van der Waals surface area contributed by atoms with Crippen LogP contribution in [-0.2, 0) is 16.0 Å². The first-order valence-corrected chi connectivity index (χ1v) is 8.38. The summed E-state index contributed by atoms with van der Waals surface area (Å²) in [6.45, 7) is 0.395. The highest BCUT2D eigenvalue weighted by atomic mass is 16.5. The number of amides is 1. The van der Waals surface area contributed by atoms with E-state index in [-0.39, 0.29) is 11.9 Å². The van der Waals surface area contributed by atoms with Gasteiger partial charge in [-0.15, -0.1) is 0 Å². The van der Waals surface area contributed by atoms with Gasteiger partial charge in [0.15, 0.2) is 0 Å². The van der Waals surface area contributed by atoms with Gasteiger partial charge in [0, 0.05) is 0 Å². The molecular weight excluding hydrogens is 316 g/mol. The van der Waals surface area contributed by atoms with Crippen LogP contribution in [0, 0.1) is 0 Å². The third kappa shape index (κ3) is 4.45. The topological polar surface area (TPSA) is 70.9 Å². The molecule has 1 heterocycles. The number of aliphatic hydroxyl groups is 1. The molecule has 3 atom stereocenters. The van der Waals surface area contributed by atoms with Gasteiger partial charge in [-0.1, -0.05) is 60.7 Å². The number of nitrogens with one attached hydrogen (secondary N) is 1. The number of aliphatic imine (C=N–C) groups is 1. The summed E-state index contributed by atoms with van der Waals surface area (Å²) in [5.74, 6) is 0.273. The van der Waals surface area contributed by atoms with E-state index < -0.39 is 12.1 Å². The molecule has 1 aliphatic rings. The van der Waals surface area contributed by atoms with Crippen molar-refractivity contribution < 1.29 is 14.6 Å². The molecule has 0 bridgehead atoms. The van der Waals surface area contributed by atoms with Crippen molar-refractivity contribution in [3.8, 4) is 0 Å². The Bertz CT molecular complexity index is 703. The van der Waals surface area contributed by atoms with E-state index in [1.54, 1.807) is 6.41 Å². The summed E-state index contributed by atoms with van der Waals surface area (Å²) in [5, 5.41) is 13.2. The second-order valence-corrected chi connectivity index (χ2v) is 6.03. The molecule has 0 saturated heterocycles. The molecule has 5 nitrogen and oxygen atoms in total. The van der Waals surface area contributed by atoms with E-state index >= 15 is 0 Å². The van der Waals surface area contributed by atoms with Gasteiger partial charge >= 0.3 is 6.41 Å². The first-order valence-electron chi connectivity index (χ1n) is 8.38. The molecule has 2 aromatic rings. The molecule has 0 saturated carbocycles. The highest BCUT2D eigenvalue weighted by Crippen LogP contribution is 2.24. The zero-order valence-electron chi connectivity index (χ0n) is 13.8. The number of carbonyl (C=O) groups excluding carboxylic acids is 1. The van der Waals surface area contributed by atoms with Crippen molar-refractivity contribution in [3.63, 3.8) is 0 Å². The molecule has 1 radical (unpaired) electrons. The number of aryl methyl sites for hydroxylation is 1. The van der Waals surface area contributed by atoms with E-state index in [9.17, 15) is 9.90 Å². The van der Waals surface area contributed by atoms with Crippen LogP contribution in [0.5, 0.6) is 0 Å². The Morgan fingerprint density at radius 2 is 1.84 bits per heavy atom. The summed E-state index contributed by atoms with van der Waals surface area (Å²) in [7, 11) is 0. The average Bonchev–Trinajstić information content (AvgIpc) is 3.16. The van der Waals surface area contributed by atoms with Gasteiger partial charge in [0.05, 0.1) is 6.04 Å². The Morgan fingerprint density at radius 1 is 1.16 bits per heavy atom. The monoisotopic (exact) mass is 337 g/mol. The quantitative estimate of drug-likeness (QED) is 0.725. The molecule has 0 aliphatic carbocycles. The van der Waals surface area contributed by atoms with E-state index in [1.165, 1.54) is 0 Å². The Labute approximate surface area is 147 Å². The van der Waals surface area contributed by atoms with Crippen LogP contribution in [0.2, 0.25) is 0 Å². The van der Waals surface area contributed by atoms with Gasteiger partial charge in [0.25, 0.3) is 0 Å². The van der Waals surface area contributed by atoms with Crippen molar-refractivity contribution in [3.05, 3.63) is 71.8 Å². The van der Waals surface area contributed by atoms with Crippen LogP contribution in [0.15, 0.2) is 65.7 Å². The molecule has 0 spiro atoms. The molecule has 0 aromatic heterocycles. The summed E-state index contributed by atoms with van der Waals surface area (Å²) >= 11 is 0. The van der Waals surface area contributed by atoms with Gasteiger partial charge in [-0.2, -0.15) is 0 Å². The van der Waals surface area contributed by atoms with Crippen molar-refractivity contribution in [2.24, 2.45) is 4.99 Å². The lowest BCUT2D eigenvalue weighted by atomic mass is 10.0. The molecular formula is C20H21N2O3. The molecule has 2 N–H and O–H groups in total. The summed E-state index contributed by atoms with van der Waals surface area (Å²) in [4.78, 5) is 15.3. The molecule has 129 valence electrons. The molecule has 0 fully saturated rings. The average molecular weight is 337 g/mol. The number of aliphatic hydroxyl groups excluding tert-OH is 1. The zero-order valence-corrected chi connectivity index (χ0v) is 13.8. The van der Waals surface area contributed by atoms with Gasteiger partial charge in [0.1, 0.15) is 18.8 Å². The van der Waals surface area contributed by atoms with Gasteiger partial charge in [-0.3, -0.25) is 4.79 Å². The minimum absolute atomic E-state index is 0.124. The van der Waals surface area contributed by atoms with Crippen LogP contribution in [0.1, 0.15) is 23.6 Å². The van der Waals surface area contributed by atoms with Gasteiger partial charge in [-0.05, 0) is 24.0 Å². The highest BCUT2D eigenvalue weighted by molar-refractivity contribution is 5.83. The molecule has 3 unspecified atom stereocenters. The molecule has 1 aliphatic heterocycles. The smallest absolute Gasteiger partial charge is 0.309 e. The standard InChI is InChI=1S/C20H21N2O3/c23-14-21-17(12-11-15-7-3-1-4-8-15)19(24)20-22-18(13-25-20)16-9-5-2-6-10-16/h1-10,17-19,24H,11-13H2,(H,21,23). The maximum atomic E-state index is 10.8. The largest absolute Gasteiger partial charge is 0.476 e. The van der Waals surface area contributed by atoms with Crippen molar-refractivity contribution in [2.45, 2.75) is 31.0 Å². The summed E-state index contributed by atoms with van der Waals surface area (Å²) in [5.41, 5.74) is 2.18. The Balaban J connectivity index is 1.65. The van der Waals surface area contributed by atoms with Gasteiger partial charge < -0.3 is 15.2 Å². The molecule has 3 rings (SSSR count). The van der Waals surface area contributed by atoms with Crippen molar-refractivity contribution in [1.29, 1.82) is 0 Å². The third-order valence-electron chi connectivity index (χ3n) is 4.32. The summed E-state index contributed by atoms with van der Waals surface area (Å²) in [6.07, 6.45) is 1.99. The second-order valence-electron chi connectivity index (χ2n) is 6.03. The maximum Gasteiger partial charge on any atom is 0.309 e. The van der Waals surface area contributed by atoms with E-state index in [1.807, 2.05) is 60.7 Å².